The molecule has 0 bridgehead atoms. The minimum atomic E-state index is -1.30. The number of hydrogen-bond donors (Lipinski definition) is 4. The lowest BCUT2D eigenvalue weighted by atomic mass is 9.98. The predicted octanol–water partition coefficient (Wildman–Crippen LogP) is 2.65. The summed E-state index contributed by atoms with van der Waals surface area (Å²) in [6.07, 6.45) is 1.78. The summed E-state index contributed by atoms with van der Waals surface area (Å²) >= 11 is 0. The van der Waals surface area contributed by atoms with Crippen LogP contribution in [-0.4, -0.2) is 53.5 Å². The molecule has 174 valence electrons. The second-order valence-corrected chi connectivity index (χ2v) is 8.69. The summed E-state index contributed by atoms with van der Waals surface area (Å²) in [4.78, 5) is 35.5. The Morgan fingerprint density at radius 2 is 1.64 bits per heavy atom. The third-order valence-corrected chi connectivity index (χ3v) is 6.50. The van der Waals surface area contributed by atoms with Gasteiger partial charge < -0.3 is 25.6 Å². The summed E-state index contributed by atoms with van der Waals surface area (Å²) in [5, 5.41) is 23.2. The van der Waals surface area contributed by atoms with Gasteiger partial charge in [-0.2, -0.15) is 0 Å². The quantitative estimate of drug-likeness (QED) is 0.488. The van der Waals surface area contributed by atoms with Crippen molar-refractivity contribution in [3.05, 3.63) is 59.7 Å². The van der Waals surface area contributed by atoms with Gasteiger partial charge in [0.15, 0.2) is 0 Å². The van der Waals surface area contributed by atoms with Gasteiger partial charge in [0.2, 0.25) is 5.91 Å². The highest BCUT2D eigenvalue weighted by Gasteiger charge is 2.31. The standard InChI is InChI=1S/C25H28N2O6/c28-13-22(24(30)31)27-23(29)12-15-9-10-16(11-15)26-25(32)33-14-21-19-7-3-1-5-17(19)18-6-2-4-8-20(18)21/h1-8,15-16,21-22,28H,9-14H2,(H,26,32)(H,27,29)(H,30,31). The van der Waals surface area contributed by atoms with E-state index in [9.17, 15) is 14.4 Å². The van der Waals surface area contributed by atoms with Crippen LogP contribution in [0.25, 0.3) is 11.1 Å². The fourth-order valence-electron chi connectivity index (χ4n) is 4.90. The Kier molecular flexibility index (Phi) is 6.93. The van der Waals surface area contributed by atoms with Crippen LogP contribution in [0.1, 0.15) is 42.7 Å². The third-order valence-electron chi connectivity index (χ3n) is 6.50. The van der Waals surface area contributed by atoms with E-state index in [0.717, 1.165) is 24.0 Å². The zero-order valence-corrected chi connectivity index (χ0v) is 18.2. The molecule has 0 radical (unpaired) electrons. The van der Waals surface area contributed by atoms with Crippen LogP contribution in [0.2, 0.25) is 0 Å². The van der Waals surface area contributed by atoms with Crippen LogP contribution in [0.4, 0.5) is 4.79 Å². The molecule has 1 saturated carbocycles. The molecule has 2 aliphatic carbocycles. The Morgan fingerprint density at radius 1 is 1.00 bits per heavy atom. The van der Waals surface area contributed by atoms with Gasteiger partial charge in [0.1, 0.15) is 12.6 Å². The van der Waals surface area contributed by atoms with Crippen molar-refractivity contribution < 1.29 is 29.3 Å². The van der Waals surface area contributed by atoms with E-state index in [1.54, 1.807) is 0 Å². The van der Waals surface area contributed by atoms with Gasteiger partial charge in [-0.05, 0) is 47.4 Å². The van der Waals surface area contributed by atoms with Crippen LogP contribution < -0.4 is 10.6 Å². The molecule has 0 aromatic heterocycles. The van der Waals surface area contributed by atoms with Crippen molar-refractivity contribution in [1.29, 1.82) is 0 Å². The summed E-state index contributed by atoms with van der Waals surface area (Å²) in [6, 6.07) is 14.9. The number of aliphatic hydroxyl groups is 1. The Bertz CT molecular complexity index is 994. The van der Waals surface area contributed by atoms with E-state index < -0.39 is 30.6 Å². The number of fused-ring (bicyclic) bond motifs is 3. The van der Waals surface area contributed by atoms with Crippen LogP contribution in [-0.2, 0) is 14.3 Å². The minimum absolute atomic E-state index is 0.00289. The van der Waals surface area contributed by atoms with Gasteiger partial charge in [0, 0.05) is 18.4 Å². The van der Waals surface area contributed by atoms with Crippen molar-refractivity contribution in [3.63, 3.8) is 0 Å². The number of ether oxygens (including phenoxy) is 1. The van der Waals surface area contributed by atoms with Crippen molar-refractivity contribution in [2.75, 3.05) is 13.2 Å². The number of carbonyl (C=O) groups excluding carboxylic acids is 2. The molecule has 33 heavy (non-hydrogen) atoms. The molecular weight excluding hydrogens is 424 g/mol. The highest BCUT2D eigenvalue weighted by atomic mass is 16.5. The number of hydrogen-bond acceptors (Lipinski definition) is 5. The average Bonchev–Trinajstić information content (AvgIpc) is 3.37. The lowest BCUT2D eigenvalue weighted by Gasteiger charge is -2.17. The molecule has 8 heteroatoms. The molecule has 2 amide bonds. The first kappa shape index (κ1) is 22.8. The van der Waals surface area contributed by atoms with E-state index in [4.69, 9.17) is 14.9 Å². The number of alkyl carbamates (subject to hydrolysis) is 1. The molecule has 1 fully saturated rings. The van der Waals surface area contributed by atoms with Crippen LogP contribution in [0.3, 0.4) is 0 Å². The third kappa shape index (κ3) is 5.17. The van der Waals surface area contributed by atoms with E-state index in [1.165, 1.54) is 11.1 Å². The largest absolute Gasteiger partial charge is 0.480 e. The molecule has 4 rings (SSSR count). The maximum Gasteiger partial charge on any atom is 0.407 e. The first-order chi connectivity index (χ1) is 16.0. The fourth-order valence-corrected chi connectivity index (χ4v) is 4.90. The van der Waals surface area contributed by atoms with Gasteiger partial charge in [-0.3, -0.25) is 4.79 Å². The Labute approximate surface area is 192 Å². The summed E-state index contributed by atoms with van der Waals surface area (Å²) in [5.41, 5.74) is 4.65. The second kappa shape index (κ2) is 10.0. The smallest absolute Gasteiger partial charge is 0.407 e. The molecule has 0 heterocycles. The fraction of sp³-hybridized carbons (Fsp3) is 0.400. The Hall–Kier alpha value is -3.39. The highest BCUT2D eigenvalue weighted by molar-refractivity contribution is 5.83. The number of carbonyl (C=O) groups is 3. The lowest BCUT2D eigenvalue weighted by Crippen LogP contribution is -2.43. The van der Waals surface area contributed by atoms with Crippen molar-refractivity contribution in [3.8, 4) is 11.1 Å². The molecule has 3 atom stereocenters. The number of carboxylic acids is 1. The zero-order chi connectivity index (χ0) is 23.4. The van der Waals surface area contributed by atoms with Crippen molar-refractivity contribution in [1.82, 2.24) is 10.6 Å². The average molecular weight is 453 g/mol. The minimum Gasteiger partial charge on any atom is -0.480 e. The maximum atomic E-state index is 12.5. The van der Waals surface area contributed by atoms with Crippen molar-refractivity contribution >= 4 is 18.0 Å². The highest BCUT2D eigenvalue weighted by Crippen LogP contribution is 2.44. The number of aliphatic carboxylic acids is 1. The van der Waals surface area contributed by atoms with E-state index >= 15 is 0 Å². The van der Waals surface area contributed by atoms with E-state index in [2.05, 4.69) is 34.9 Å². The lowest BCUT2D eigenvalue weighted by molar-refractivity contribution is -0.143. The summed E-state index contributed by atoms with van der Waals surface area (Å²) in [7, 11) is 0. The van der Waals surface area contributed by atoms with Crippen LogP contribution in [0, 0.1) is 5.92 Å². The molecule has 2 aromatic carbocycles. The molecule has 0 saturated heterocycles. The van der Waals surface area contributed by atoms with E-state index in [-0.39, 0.29) is 30.9 Å². The first-order valence-electron chi connectivity index (χ1n) is 11.2. The van der Waals surface area contributed by atoms with Crippen LogP contribution >= 0.6 is 0 Å². The van der Waals surface area contributed by atoms with Gasteiger partial charge in [0.25, 0.3) is 0 Å². The van der Waals surface area contributed by atoms with Gasteiger partial charge in [-0.25, -0.2) is 9.59 Å². The molecule has 3 unspecified atom stereocenters. The number of rotatable bonds is 8. The normalized spacial score (nSPS) is 19.9. The molecule has 2 aliphatic rings. The first-order valence-corrected chi connectivity index (χ1v) is 11.2. The maximum absolute atomic E-state index is 12.5. The summed E-state index contributed by atoms with van der Waals surface area (Å²) < 4.78 is 5.59. The molecule has 0 aliphatic heterocycles. The molecule has 8 nitrogen and oxygen atoms in total. The zero-order valence-electron chi connectivity index (χ0n) is 18.2. The van der Waals surface area contributed by atoms with E-state index in [0.29, 0.717) is 6.42 Å². The van der Waals surface area contributed by atoms with Gasteiger partial charge >= 0.3 is 12.1 Å². The van der Waals surface area contributed by atoms with Crippen molar-refractivity contribution in [2.24, 2.45) is 5.92 Å². The number of nitrogens with one attached hydrogen (secondary N) is 2. The Morgan fingerprint density at radius 3 is 2.24 bits per heavy atom. The number of aliphatic hydroxyl groups excluding tert-OH is 1. The molecule has 0 spiro atoms. The molecular formula is C25H28N2O6. The van der Waals surface area contributed by atoms with Gasteiger partial charge in [-0.1, -0.05) is 48.5 Å². The topological polar surface area (TPSA) is 125 Å². The SMILES string of the molecule is O=C(CC1CCC(NC(=O)OCC2c3ccccc3-c3ccccc32)C1)NC(CO)C(=O)O. The van der Waals surface area contributed by atoms with Crippen LogP contribution in [0.5, 0.6) is 0 Å². The van der Waals surface area contributed by atoms with Gasteiger partial charge in [0.05, 0.1) is 6.61 Å². The summed E-state index contributed by atoms with van der Waals surface area (Å²) in [5.74, 6) is -1.65. The predicted molar refractivity (Wildman–Crippen MR) is 121 cm³/mol. The van der Waals surface area contributed by atoms with E-state index in [1.807, 2.05) is 24.3 Å². The molecule has 4 N–H and O–H groups in total. The van der Waals surface area contributed by atoms with Crippen LogP contribution in [0.15, 0.2) is 48.5 Å². The second-order valence-electron chi connectivity index (χ2n) is 8.69. The summed E-state index contributed by atoms with van der Waals surface area (Å²) in [6.45, 7) is -0.409. The van der Waals surface area contributed by atoms with Gasteiger partial charge in [-0.15, -0.1) is 0 Å². The number of amides is 2. The molecule has 2 aromatic rings. The number of carboxylic acid groups (broad SMARTS) is 1. The Balaban J connectivity index is 1.26. The number of benzene rings is 2. The van der Waals surface area contributed by atoms with Crippen molar-refractivity contribution in [2.45, 2.75) is 43.7 Å². The monoisotopic (exact) mass is 452 g/mol.